The maximum Gasteiger partial charge on any atom is 0.490 e. The molecule has 1 heterocycles. The summed E-state index contributed by atoms with van der Waals surface area (Å²) in [4.78, 5) is 46.4. The summed E-state index contributed by atoms with van der Waals surface area (Å²) in [6, 6.07) is 0. The number of rotatable bonds is 11. The van der Waals surface area contributed by atoms with Crippen LogP contribution in [-0.2, 0) is 47.6 Å². The number of carbonyl (C=O) groups excluding carboxylic acids is 4. The van der Waals surface area contributed by atoms with Crippen molar-refractivity contribution in [2.24, 2.45) is 0 Å². The lowest BCUT2D eigenvalue weighted by atomic mass is 9.96. The highest BCUT2D eigenvalue weighted by atomic mass is 19.4. The van der Waals surface area contributed by atoms with Crippen LogP contribution in [0.1, 0.15) is 33.6 Å². The van der Waals surface area contributed by atoms with E-state index in [4.69, 9.17) is 9.47 Å². The Balaban J connectivity index is 3.89. The summed E-state index contributed by atoms with van der Waals surface area (Å²) in [5, 5.41) is 0. The van der Waals surface area contributed by atoms with Gasteiger partial charge >= 0.3 is 48.6 Å². The van der Waals surface area contributed by atoms with Gasteiger partial charge in [-0.15, -0.1) is 6.58 Å². The molecule has 0 bridgehead atoms. The molecule has 10 nitrogen and oxygen atoms in total. The topological polar surface area (TPSA) is 124 Å². The first-order valence-corrected chi connectivity index (χ1v) is 12.3. The quantitative estimate of drug-likeness (QED) is 0.127. The minimum atomic E-state index is -6.07. The summed E-state index contributed by atoms with van der Waals surface area (Å²) in [6.07, 6.45) is -36.9. The number of halogens is 12. The minimum Gasteiger partial charge on any atom is -0.456 e. The Kier molecular flexibility index (Phi) is 13.1. The van der Waals surface area contributed by atoms with Crippen LogP contribution in [0.2, 0.25) is 0 Å². The Morgan fingerprint density at radius 1 is 0.696 bits per heavy atom. The number of esters is 4. The lowest BCUT2D eigenvalue weighted by Crippen LogP contribution is -2.65. The third-order valence-corrected chi connectivity index (χ3v) is 5.64. The second-order valence-corrected chi connectivity index (χ2v) is 9.70. The van der Waals surface area contributed by atoms with Gasteiger partial charge in [0.05, 0.1) is 5.60 Å². The number of hydrogen-bond donors (Lipinski definition) is 0. The van der Waals surface area contributed by atoms with Gasteiger partial charge in [0.25, 0.3) is 0 Å². The van der Waals surface area contributed by atoms with Crippen LogP contribution in [0, 0.1) is 0 Å². The molecule has 264 valence electrons. The molecule has 1 rings (SSSR count). The Hall–Kier alpha value is -3.56. The van der Waals surface area contributed by atoms with E-state index >= 15 is 0 Å². The molecule has 1 saturated heterocycles. The zero-order valence-corrected chi connectivity index (χ0v) is 23.5. The molecule has 0 spiro atoms. The van der Waals surface area contributed by atoms with Gasteiger partial charge in [-0.25, -0.2) is 19.2 Å². The molecular weight excluding hydrogens is 676 g/mol. The number of allylic oxidation sites excluding steroid dienone is 2. The average molecular weight is 700 g/mol. The second-order valence-electron chi connectivity index (χ2n) is 9.70. The van der Waals surface area contributed by atoms with Crippen LogP contribution in [0.4, 0.5) is 52.7 Å². The van der Waals surface area contributed by atoms with E-state index in [1.807, 2.05) is 0 Å². The van der Waals surface area contributed by atoms with Gasteiger partial charge < -0.3 is 28.4 Å². The summed E-state index contributed by atoms with van der Waals surface area (Å²) in [5.74, 6) is -13.1. The monoisotopic (exact) mass is 700 g/mol. The zero-order valence-electron chi connectivity index (χ0n) is 23.5. The van der Waals surface area contributed by atoms with E-state index in [1.165, 1.54) is 0 Å². The molecule has 6 atom stereocenters. The molecular formula is C24H24F12O10. The Labute approximate surface area is 250 Å². The fourth-order valence-corrected chi connectivity index (χ4v) is 3.44. The predicted octanol–water partition coefficient (Wildman–Crippen LogP) is 4.95. The molecule has 0 N–H and O–H groups in total. The fraction of sp³-hybridized carbons (Fsp3) is 0.667. The van der Waals surface area contributed by atoms with Crippen molar-refractivity contribution in [1.29, 1.82) is 0 Å². The van der Waals surface area contributed by atoms with Crippen molar-refractivity contribution in [3.8, 4) is 0 Å². The van der Waals surface area contributed by atoms with Crippen LogP contribution in [0.15, 0.2) is 24.3 Å². The molecule has 46 heavy (non-hydrogen) atoms. The first-order chi connectivity index (χ1) is 20.6. The van der Waals surface area contributed by atoms with Crippen LogP contribution in [0.3, 0.4) is 0 Å². The zero-order chi connectivity index (χ0) is 36.1. The Morgan fingerprint density at radius 2 is 1.11 bits per heavy atom. The van der Waals surface area contributed by atoms with E-state index in [-0.39, 0.29) is 12.8 Å². The van der Waals surface area contributed by atoms with Crippen molar-refractivity contribution >= 4 is 23.9 Å². The van der Waals surface area contributed by atoms with E-state index < -0.39 is 91.5 Å². The molecule has 6 unspecified atom stereocenters. The van der Waals surface area contributed by atoms with Crippen molar-refractivity contribution in [1.82, 2.24) is 0 Å². The molecule has 0 radical (unpaired) electrons. The van der Waals surface area contributed by atoms with E-state index in [2.05, 4.69) is 25.5 Å². The summed E-state index contributed by atoms with van der Waals surface area (Å²) >= 11 is 0. The average Bonchev–Trinajstić information content (AvgIpc) is 2.87. The smallest absolute Gasteiger partial charge is 0.456 e. The SMILES string of the molecule is C=CC(C)(CCC=C(C)C)OC1OC(COC(=O)C(F)(F)F)C(OC(=O)C(F)(F)F)C(OC(=O)C(F)(F)F)C1OC(=O)C(F)(F)F. The van der Waals surface area contributed by atoms with E-state index in [0.717, 1.165) is 18.6 Å². The van der Waals surface area contributed by atoms with Gasteiger partial charge in [0, 0.05) is 0 Å². The predicted molar refractivity (Wildman–Crippen MR) is 122 cm³/mol. The van der Waals surface area contributed by atoms with E-state index in [0.29, 0.717) is 0 Å². The van der Waals surface area contributed by atoms with Crippen LogP contribution < -0.4 is 0 Å². The highest BCUT2D eigenvalue weighted by Crippen LogP contribution is 2.37. The molecule has 0 saturated carbocycles. The van der Waals surface area contributed by atoms with Gasteiger partial charge in [-0.1, -0.05) is 17.7 Å². The maximum absolute atomic E-state index is 13.2. The van der Waals surface area contributed by atoms with Crippen molar-refractivity contribution in [2.45, 2.75) is 94.6 Å². The Morgan fingerprint density at radius 3 is 1.50 bits per heavy atom. The molecule has 0 amide bonds. The summed E-state index contributed by atoms with van der Waals surface area (Å²) in [7, 11) is 0. The minimum absolute atomic E-state index is 0.0789. The lowest BCUT2D eigenvalue weighted by molar-refractivity contribution is -0.335. The second kappa shape index (κ2) is 14.9. The Bertz CT molecular complexity index is 1150. The van der Waals surface area contributed by atoms with Crippen molar-refractivity contribution < 1.29 is 100 Å². The van der Waals surface area contributed by atoms with Crippen LogP contribution in [0.5, 0.6) is 0 Å². The molecule has 0 aromatic carbocycles. The maximum atomic E-state index is 13.2. The normalized spacial score (nSPS) is 23.8. The summed E-state index contributed by atoms with van der Waals surface area (Å²) < 4.78 is 183. The molecule has 0 aromatic rings. The van der Waals surface area contributed by atoms with Gasteiger partial charge in [0.1, 0.15) is 12.7 Å². The van der Waals surface area contributed by atoms with E-state index in [1.54, 1.807) is 19.9 Å². The molecule has 22 heteroatoms. The van der Waals surface area contributed by atoms with Gasteiger partial charge in [0.15, 0.2) is 24.6 Å². The first kappa shape index (κ1) is 40.5. The standard InChI is InChI=1S/C24H24F12O10/c1-5-20(4,8-6-7-10(2)3)46-15-14(45-19(40)24(34,35)36)13(44-18(39)23(31,32)33)12(43-17(38)22(28,29)30)11(42-15)9-41-16(37)21(25,26)27/h5,7,11-15H,1,6,8-9H2,2-4H3. The fourth-order valence-electron chi connectivity index (χ4n) is 3.44. The molecule has 1 fully saturated rings. The van der Waals surface area contributed by atoms with E-state index in [9.17, 15) is 71.9 Å². The van der Waals surface area contributed by atoms with Crippen LogP contribution in [0.25, 0.3) is 0 Å². The number of ether oxygens (including phenoxy) is 6. The first-order valence-electron chi connectivity index (χ1n) is 12.3. The number of alkyl halides is 12. The third kappa shape index (κ3) is 12.0. The van der Waals surface area contributed by atoms with Crippen molar-refractivity contribution in [2.75, 3.05) is 6.61 Å². The summed E-state index contributed by atoms with van der Waals surface area (Å²) in [6.45, 7) is 5.84. The van der Waals surface area contributed by atoms with Crippen LogP contribution >= 0.6 is 0 Å². The van der Waals surface area contributed by atoms with Crippen molar-refractivity contribution in [3.05, 3.63) is 24.3 Å². The van der Waals surface area contributed by atoms with Gasteiger partial charge in [-0.05, 0) is 33.6 Å². The highest BCUT2D eigenvalue weighted by molar-refractivity contribution is 5.78. The van der Waals surface area contributed by atoms with Crippen LogP contribution in [-0.4, -0.2) is 91.5 Å². The molecule has 1 aliphatic rings. The van der Waals surface area contributed by atoms with Gasteiger partial charge in [-0.2, -0.15) is 52.7 Å². The molecule has 0 aliphatic carbocycles. The summed E-state index contributed by atoms with van der Waals surface area (Å²) in [5.41, 5.74) is -1.13. The van der Waals surface area contributed by atoms with Crippen molar-refractivity contribution in [3.63, 3.8) is 0 Å². The third-order valence-electron chi connectivity index (χ3n) is 5.64. The molecule has 1 aliphatic heterocycles. The highest BCUT2D eigenvalue weighted by Gasteiger charge is 2.59. The number of hydrogen-bond acceptors (Lipinski definition) is 10. The lowest BCUT2D eigenvalue weighted by Gasteiger charge is -2.46. The van der Waals surface area contributed by atoms with Gasteiger partial charge in [-0.3, -0.25) is 0 Å². The van der Waals surface area contributed by atoms with Gasteiger partial charge in [0.2, 0.25) is 0 Å². The molecule has 0 aromatic heterocycles. The number of carbonyl (C=O) groups is 4. The largest absolute Gasteiger partial charge is 0.490 e.